The van der Waals surface area contributed by atoms with Crippen LogP contribution in [0.15, 0.2) is 42.5 Å². The van der Waals surface area contributed by atoms with Gasteiger partial charge in [0.2, 0.25) is 5.91 Å². The summed E-state index contributed by atoms with van der Waals surface area (Å²) in [5, 5.41) is 6.47. The normalized spacial score (nSPS) is 19.8. The molecule has 0 radical (unpaired) electrons. The number of piperidine rings is 1. The fraction of sp³-hybridized carbons (Fsp3) is 0.409. The van der Waals surface area contributed by atoms with Crippen LogP contribution in [0, 0.1) is 19.8 Å². The monoisotopic (exact) mass is 352 g/mol. The molecular formula is C22H28N2O2. The summed E-state index contributed by atoms with van der Waals surface area (Å²) in [5.74, 6) is 1.02. The lowest BCUT2D eigenvalue weighted by molar-refractivity contribution is -0.120. The second-order valence-electron chi connectivity index (χ2n) is 7.32. The number of carbonyl (C=O) groups excluding carboxylic acids is 1. The van der Waals surface area contributed by atoms with Crippen LogP contribution < -0.4 is 15.4 Å². The lowest BCUT2D eigenvalue weighted by atomic mass is 9.92. The minimum Gasteiger partial charge on any atom is -0.489 e. The van der Waals surface area contributed by atoms with E-state index < -0.39 is 0 Å². The molecule has 0 spiro atoms. The summed E-state index contributed by atoms with van der Waals surface area (Å²) in [6.07, 6.45) is 1.79. The van der Waals surface area contributed by atoms with Gasteiger partial charge >= 0.3 is 0 Å². The number of rotatable bonds is 5. The van der Waals surface area contributed by atoms with Gasteiger partial charge in [0.05, 0.1) is 0 Å². The molecule has 4 nitrogen and oxygen atoms in total. The smallest absolute Gasteiger partial charge is 0.227 e. The summed E-state index contributed by atoms with van der Waals surface area (Å²) in [6, 6.07) is 14.5. The van der Waals surface area contributed by atoms with Crippen molar-refractivity contribution in [1.29, 1.82) is 0 Å². The fourth-order valence-electron chi connectivity index (χ4n) is 3.44. The van der Waals surface area contributed by atoms with Gasteiger partial charge in [-0.25, -0.2) is 0 Å². The van der Waals surface area contributed by atoms with Crippen LogP contribution in [0.1, 0.15) is 36.5 Å². The predicted octanol–water partition coefficient (Wildman–Crippen LogP) is 4.21. The van der Waals surface area contributed by atoms with Crippen LogP contribution in [-0.2, 0) is 11.4 Å². The molecular weight excluding hydrogens is 324 g/mol. The predicted molar refractivity (Wildman–Crippen MR) is 106 cm³/mol. The zero-order valence-electron chi connectivity index (χ0n) is 15.8. The Labute approximate surface area is 156 Å². The van der Waals surface area contributed by atoms with Crippen LogP contribution >= 0.6 is 0 Å². The fourth-order valence-corrected chi connectivity index (χ4v) is 3.44. The number of aryl methyl sites for hydroxylation is 2. The topological polar surface area (TPSA) is 50.4 Å². The van der Waals surface area contributed by atoms with E-state index in [0.29, 0.717) is 12.6 Å². The lowest BCUT2D eigenvalue weighted by Crippen LogP contribution is -2.40. The van der Waals surface area contributed by atoms with Crippen molar-refractivity contribution in [1.82, 2.24) is 5.32 Å². The number of nitrogens with one attached hydrogen (secondary N) is 2. The molecule has 4 heteroatoms. The Morgan fingerprint density at radius 1 is 1.23 bits per heavy atom. The van der Waals surface area contributed by atoms with E-state index in [1.165, 1.54) is 5.56 Å². The van der Waals surface area contributed by atoms with Crippen molar-refractivity contribution < 1.29 is 9.53 Å². The van der Waals surface area contributed by atoms with E-state index >= 15 is 0 Å². The van der Waals surface area contributed by atoms with Crippen molar-refractivity contribution in [3.63, 3.8) is 0 Å². The molecule has 1 heterocycles. The number of amides is 1. The number of hydrogen-bond acceptors (Lipinski definition) is 3. The Morgan fingerprint density at radius 2 is 2.08 bits per heavy atom. The Bertz CT molecular complexity index is 772. The van der Waals surface area contributed by atoms with Crippen molar-refractivity contribution in [2.45, 2.75) is 46.3 Å². The second kappa shape index (κ2) is 8.37. The van der Waals surface area contributed by atoms with Gasteiger partial charge in [0.1, 0.15) is 12.4 Å². The number of ether oxygens (including phenoxy) is 1. The molecule has 0 saturated carbocycles. The van der Waals surface area contributed by atoms with Crippen molar-refractivity contribution >= 4 is 11.6 Å². The van der Waals surface area contributed by atoms with Crippen molar-refractivity contribution in [2.75, 3.05) is 11.9 Å². The largest absolute Gasteiger partial charge is 0.489 e. The third kappa shape index (κ3) is 4.85. The van der Waals surface area contributed by atoms with E-state index in [0.717, 1.165) is 42.0 Å². The molecule has 2 N–H and O–H groups in total. The van der Waals surface area contributed by atoms with Gasteiger partial charge in [-0.2, -0.15) is 0 Å². The average molecular weight is 352 g/mol. The zero-order valence-corrected chi connectivity index (χ0v) is 15.8. The first-order valence-corrected chi connectivity index (χ1v) is 9.34. The maximum atomic E-state index is 12.5. The van der Waals surface area contributed by atoms with Crippen LogP contribution in [0.2, 0.25) is 0 Å². The molecule has 0 aromatic heterocycles. The van der Waals surface area contributed by atoms with Gasteiger partial charge in [-0.15, -0.1) is 0 Å². The minimum absolute atomic E-state index is 0.0860. The molecule has 2 aromatic rings. The molecule has 1 saturated heterocycles. The average Bonchev–Trinajstić information content (AvgIpc) is 2.62. The Kier molecular flexibility index (Phi) is 5.94. The molecule has 2 atom stereocenters. The van der Waals surface area contributed by atoms with E-state index in [-0.39, 0.29) is 11.8 Å². The maximum Gasteiger partial charge on any atom is 0.227 e. The molecule has 1 aliphatic rings. The summed E-state index contributed by atoms with van der Waals surface area (Å²) in [6.45, 7) is 7.66. The highest BCUT2D eigenvalue weighted by molar-refractivity contribution is 5.93. The zero-order chi connectivity index (χ0) is 18.5. The van der Waals surface area contributed by atoms with Crippen molar-refractivity contribution in [3.05, 3.63) is 59.2 Å². The molecule has 1 amide bonds. The van der Waals surface area contributed by atoms with E-state index in [1.54, 1.807) is 0 Å². The molecule has 1 fully saturated rings. The lowest BCUT2D eigenvalue weighted by Gasteiger charge is -2.27. The third-order valence-electron chi connectivity index (χ3n) is 4.94. The Hall–Kier alpha value is -2.33. The van der Waals surface area contributed by atoms with Crippen molar-refractivity contribution in [2.24, 2.45) is 5.92 Å². The van der Waals surface area contributed by atoms with E-state index in [2.05, 4.69) is 42.7 Å². The Morgan fingerprint density at radius 3 is 2.81 bits per heavy atom. The summed E-state index contributed by atoms with van der Waals surface area (Å²) in [7, 11) is 0. The van der Waals surface area contributed by atoms with Crippen molar-refractivity contribution in [3.8, 4) is 5.75 Å². The van der Waals surface area contributed by atoms with Crippen LogP contribution in [0.25, 0.3) is 0 Å². The molecule has 3 rings (SSSR count). The summed E-state index contributed by atoms with van der Waals surface area (Å²) in [5.41, 5.74) is 4.26. The molecule has 0 bridgehead atoms. The number of hydrogen-bond donors (Lipinski definition) is 2. The van der Waals surface area contributed by atoms with Crippen LogP contribution in [0.4, 0.5) is 5.69 Å². The number of carbonyl (C=O) groups is 1. The standard InChI is InChI=1S/C22H28N2O2/c1-15-5-4-6-18(11-15)14-26-20-7-8-21(16(2)12-20)24-22(25)19-9-10-23-17(3)13-19/h4-8,11-12,17,19,23H,9-10,13-14H2,1-3H3,(H,24,25)/t17-,19-/m0/s1. The van der Waals surface area contributed by atoms with E-state index in [4.69, 9.17) is 4.74 Å². The molecule has 0 aliphatic carbocycles. The third-order valence-corrected chi connectivity index (χ3v) is 4.94. The molecule has 0 unspecified atom stereocenters. The van der Waals surface area contributed by atoms with Gasteiger partial charge in [0.25, 0.3) is 0 Å². The highest BCUT2D eigenvalue weighted by atomic mass is 16.5. The molecule has 2 aromatic carbocycles. The summed E-state index contributed by atoms with van der Waals surface area (Å²) < 4.78 is 5.90. The van der Waals surface area contributed by atoms with E-state index in [9.17, 15) is 4.79 Å². The van der Waals surface area contributed by atoms with Gasteiger partial charge in [-0.1, -0.05) is 29.8 Å². The second-order valence-corrected chi connectivity index (χ2v) is 7.32. The van der Waals surface area contributed by atoms with Gasteiger partial charge in [0.15, 0.2) is 0 Å². The molecule has 26 heavy (non-hydrogen) atoms. The summed E-state index contributed by atoms with van der Waals surface area (Å²) >= 11 is 0. The van der Waals surface area contributed by atoms with Crippen LogP contribution in [0.5, 0.6) is 5.75 Å². The highest BCUT2D eigenvalue weighted by Crippen LogP contribution is 2.24. The quantitative estimate of drug-likeness (QED) is 0.847. The number of anilines is 1. The molecule has 138 valence electrons. The van der Waals surface area contributed by atoms with Gasteiger partial charge in [0, 0.05) is 17.6 Å². The van der Waals surface area contributed by atoms with Crippen LogP contribution in [-0.4, -0.2) is 18.5 Å². The van der Waals surface area contributed by atoms with Gasteiger partial charge in [-0.05, 0) is 69.5 Å². The Balaban J connectivity index is 1.59. The van der Waals surface area contributed by atoms with Gasteiger partial charge < -0.3 is 15.4 Å². The molecule has 1 aliphatic heterocycles. The maximum absolute atomic E-state index is 12.5. The minimum atomic E-state index is 0.0860. The number of benzene rings is 2. The summed E-state index contributed by atoms with van der Waals surface area (Å²) in [4.78, 5) is 12.5. The first-order valence-electron chi connectivity index (χ1n) is 9.34. The highest BCUT2D eigenvalue weighted by Gasteiger charge is 2.24. The first kappa shape index (κ1) is 18.5. The van der Waals surface area contributed by atoms with Crippen LogP contribution in [0.3, 0.4) is 0 Å². The first-order chi connectivity index (χ1) is 12.5. The van der Waals surface area contributed by atoms with Gasteiger partial charge in [-0.3, -0.25) is 4.79 Å². The van der Waals surface area contributed by atoms with E-state index in [1.807, 2.05) is 31.2 Å². The SMILES string of the molecule is Cc1cccc(COc2ccc(NC(=O)[C@H]3CCN[C@@H](C)C3)c(C)c2)c1.